The van der Waals surface area contributed by atoms with Gasteiger partial charge in [0, 0.05) is 28.8 Å². The van der Waals surface area contributed by atoms with Gasteiger partial charge in [-0.3, -0.25) is 19.7 Å². The lowest BCUT2D eigenvalue weighted by molar-refractivity contribution is -0.385. The smallest absolute Gasteiger partial charge is 0.273 e. The first kappa shape index (κ1) is 21.7. The van der Waals surface area contributed by atoms with Crippen LogP contribution in [0.2, 0.25) is 10.0 Å². The molecule has 0 saturated carbocycles. The van der Waals surface area contributed by atoms with E-state index >= 15 is 0 Å². The van der Waals surface area contributed by atoms with Crippen LogP contribution < -0.4 is 5.32 Å². The molecule has 0 saturated heterocycles. The van der Waals surface area contributed by atoms with Gasteiger partial charge in [-0.15, -0.1) is 0 Å². The van der Waals surface area contributed by atoms with Crippen molar-refractivity contribution in [3.8, 4) is 0 Å². The largest absolute Gasteiger partial charge is 0.329 e. The number of nitrogens with zero attached hydrogens (tertiary/aromatic N) is 2. The standard InChI is InChI=1S/C19H19Cl2N3O4/c1-3-9-23(11-18(25)22-16-8-7-13(20)10-15(16)21)19(26)14-5-4-6-17(12(14)2)24(27)28/h4-8,10H,3,9,11H2,1-2H3,(H,22,25). The van der Waals surface area contributed by atoms with Crippen LogP contribution in [0.25, 0.3) is 0 Å². The molecule has 148 valence electrons. The van der Waals surface area contributed by atoms with Crippen molar-refractivity contribution in [2.75, 3.05) is 18.4 Å². The van der Waals surface area contributed by atoms with E-state index < -0.39 is 16.7 Å². The first-order valence-electron chi connectivity index (χ1n) is 8.52. The maximum absolute atomic E-state index is 12.9. The third-order valence-corrected chi connectivity index (χ3v) is 4.60. The van der Waals surface area contributed by atoms with Crippen molar-refractivity contribution in [1.29, 1.82) is 0 Å². The highest BCUT2D eigenvalue weighted by Crippen LogP contribution is 2.26. The highest BCUT2D eigenvalue weighted by atomic mass is 35.5. The Balaban J connectivity index is 2.20. The van der Waals surface area contributed by atoms with Crippen molar-refractivity contribution < 1.29 is 14.5 Å². The molecule has 0 aliphatic carbocycles. The van der Waals surface area contributed by atoms with Crippen molar-refractivity contribution in [2.45, 2.75) is 20.3 Å². The maximum Gasteiger partial charge on any atom is 0.273 e. The van der Waals surface area contributed by atoms with E-state index in [0.29, 0.717) is 23.7 Å². The maximum atomic E-state index is 12.9. The Kier molecular flexibility index (Phi) is 7.37. The third kappa shape index (κ3) is 5.21. The van der Waals surface area contributed by atoms with Gasteiger partial charge in [-0.2, -0.15) is 0 Å². The molecule has 1 N–H and O–H groups in total. The van der Waals surface area contributed by atoms with Gasteiger partial charge in [0.1, 0.15) is 6.54 Å². The minimum absolute atomic E-state index is 0.139. The summed E-state index contributed by atoms with van der Waals surface area (Å²) in [4.78, 5) is 37.3. The molecule has 7 nitrogen and oxygen atoms in total. The molecule has 0 radical (unpaired) electrons. The third-order valence-electron chi connectivity index (χ3n) is 4.05. The van der Waals surface area contributed by atoms with Crippen LogP contribution in [0.1, 0.15) is 29.3 Å². The number of nitro benzene ring substituents is 1. The van der Waals surface area contributed by atoms with E-state index in [1.165, 1.54) is 36.1 Å². The number of carbonyl (C=O) groups is 2. The van der Waals surface area contributed by atoms with Gasteiger partial charge in [0.2, 0.25) is 5.91 Å². The number of hydrogen-bond acceptors (Lipinski definition) is 4. The van der Waals surface area contributed by atoms with E-state index in [4.69, 9.17) is 23.2 Å². The van der Waals surface area contributed by atoms with E-state index in [-0.39, 0.29) is 28.4 Å². The average molecular weight is 424 g/mol. The van der Waals surface area contributed by atoms with Gasteiger partial charge in [-0.05, 0) is 37.6 Å². The molecule has 28 heavy (non-hydrogen) atoms. The Morgan fingerprint density at radius 1 is 1.21 bits per heavy atom. The Morgan fingerprint density at radius 3 is 2.54 bits per heavy atom. The molecule has 0 heterocycles. The van der Waals surface area contributed by atoms with Gasteiger partial charge < -0.3 is 10.2 Å². The fourth-order valence-electron chi connectivity index (χ4n) is 2.70. The van der Waals surface area contributed by atoms with Crippen LogP contribution in [0.3, 0.4) is 0 Å². The van der Waals surface area contributed by atoms with E-state index in [1.54, 1.807) is 12.1 Å². The number of amides is 2. The van der Waals surface area contributed by atoms with E-state index in [0.717, 1.165) is 0 Å². The van der Waals surface area contributed by atoms with Crippen molar-refractivity contribution in [3.05, 3.63) is 67.7 Å². The van der Waals surface area contributed by atoms with Gasteiger partial charge in [-0.1, -0.05) is 36.2 Å². The van der Waals surface area contributed by atoms with Gasteiger partial charge in [0.05, 0.1) is 15.6 Å². The van der Waals surface area contributed by atoms with Crippen LogP contribution in [-0.4, -0.2) is 34.7 Å². The van der Waals surface area contributed by atoms with Crippen molar-refractivity contribution in [3.63, 3.8) is 0 Å². The summed E-state index contributed by atoms with van der Waals surface area (Å²) in [6.07, 6.45) is 0.620. The summed E-state index contributed by atoms with van der Waals surface area (Å²) in [7, 11) is 0. The van der Waals surface area contributed by atoms with Crippen LogP contribution in [0.5, 0.6) is 0 Å². The number of halogens is 2. The number of anilines is 1. The number of nitro groups is 1. The second kappa shape index (κ2) is 9.52. The molecular weight excluding hydrogens is 405 g/mol. The van der Waals surface area contributed by atoms with Crippen LogP contribution in [0.4, 0.5) is 11.4 Å². The predicted octanol–water partition coefficient (Wildman–Crippen LogP) is 4.70. The fourth-order valence-corrected chi connectivity index (χ4v) is 3.16. The summed E-state index contributed by atoms with van der Waals surface area (Å²) in [5, 5.41) is 14.5. The molecule has 0 spiro atoms. The molecule has 0 fully saturated rings. The van der Waals surface area contributed by atoms with Crippen LogP contribution in [0.15, 0.2) is 36.4 Å². The van der Waals surface area contributed by atoms with E-state index in [2.05, 4.69) is 5.32 Å². The summed E-state index contributed by atoms with van der Waals surface area (Å²) in [6.45, 7) is 3.49. The quantitative estimate of drug-likeness (QED) is 0.515. The first-order chi connectivity index (χ1) is 13.2. The van der Waals surface area contributed by atoms with Crippen molar-refractivity contribution in [2.24, 2.45) is 0 Å². The van der Waals surface area contributed by atoms with Gasteiger partial charge in [-0.25, -0.2) is 0 Å². The zero-order chi connectivity index (χ0) is 20.8. The van der Waals surface area contributed by atoms with Crippen LogP contribution in [0, 0.1) is 17.0 Å². The summed E-state index contributed by atoms with van der Waals surface area (Å²) in [5.74, 6) is -0.880. The zero-order valence-electron chi connectivity index (χ0n) is 15.4. The Bertz CT molecular complexity index is 918. The molecule has 2 aromatic carbocycles. The fraction of sp³-hybridized carbons (Fsp3) is 0.263. The summed E-state index contributed by atoms with van der Waals surface area (Å²) >= 11 is 11.9. The predicted molar refractivity (Wildman–Crippen MR) is 109 cm³/mol. The number of carbonyl (C=O) groups excluding carboxylic acids is 2. The molecule has 0 unspecified atom stereocenters. The first-order valence-corrected chi connectivity index (χ1v) is 9.28. The van der Waals surface area contributed by atoms with Gasteiger partial charge in [0.15, 0.2) is 0 Å². The van der Waals surface area contributed by atoms with Crippen molar-refractivity contribution in [1.82, 2.24) is 4.90 Å². The molecule has 0 aliphatic heterocycles. The molecule has 0 atom stereocenters. The molecule has 9 heteroatoms. The van der Waals surface area contributed by atoms with E-state index in [1.807, 2.05) is 6.92 Å². The SMILES string of the molecule is CCCN(CC(=O)Nc1ccc(Cl)cc1Cl)C(=O)c1cccc([N+](=O)[O-])c1C. The molecule has 0 aliphatic rings. The topological polar surface area (TPSA) is 92.6 Å². The lowest BCUT2D eigenvalue weighted by Crippen LogP contribution is -2.38. The molecule has 2 aromatic rings. The number of benzene rings is 2. The zero-order valence-corrected chi connectivity index (χ0v) is 16.9. The van der Waals surface area contributed by atoms with Crippen LogP contribution in [-0.2, 0) is 4.79 Å². The normalized spacial score (nSPS) is 10.4. The second-order valence-electron chi connectivity index (χ2n) is 6.11. The molecule has 0 aromatic heterocycles. The number of hydrogen-bond donors (Lipinski definition) is 1. The highest BCUT2D eigenvalue weighted by molar-refractivity contribution is 6.36. The summed E-state index contributed by atoms with van der Waals surface area (Å²) in [6, 6.07) is 8.97. The minimum Gasteiger partial charge on any atom is -0.329 e. The summed E-state index contributed by atoms with van der Waals surface area (Å²) < 4.78 is 0. The Hall–Kier alpha value is -2.64. The van der Waals surface area contributed by atoms with Crippen molar-refractivity contribution >= 4 is 46.4 Å². The van der Waals surface area contributed by atoms with Gasteiger partial charge in [0.25, 0.3) is 11.6 Å². The average Bonchev–Trinajstić information content (AvgIpc) is 2.63. The van der Waals surface area contributed by atoms with Gasteiger partial charge >= 0.3 is 0 Å². The van der Waals surface area contributed by atoms with Crippen LogP contribution >= 0.6 is 23.2 Å². The lowest BCUT2D eigenvalue weighted by atomic mass is 10.1. The molecular formula is C19H19Cl2N3O4. The molecule has 2 rings (SSSR count). The van der Waals surface area contributed by atoms with E-state index in [9.17, 15) is 19.7 Å². The number of rotatable bonds is 7. The summed E-state index contributed by atoms with van der Waals surface area (Å²) in [5.41, 5.74) is 0.700. The molecule has 2 amide bonds. The minimum atomic E-state index is -0.536. The Morgan fingerprint density at radius 2 is 1.93 bits per heavy atom. The highest BCUT2D eigenvalue weighted by Gasteiger charge is 2.23. The number of nitrogens with one attached hydrogen (secondary N) is 1. The second-order valence-corrected chi connectivity index (χ2v) is 6.95. The monoisotopic (exact) mass is 423 g/mol. The molecule has 0 bridgehead atoms. The Labute approximate surface area is 172 Å². The lowest BCUT2D eigenvalue weighted by Gasteiger charge is -2.22.